The van der Waals surface area contributed by atoms with Crippen molar-refractivity contribution in [2.24, 2.45) is 4.99 Å². The maximum atomic E-state index is 10.4. The molecule has 142 valence electrons. The average Bonchev–Trinajstić information content (AvgIpc) is 3.13. The minimum atomic E-state index is -0.643. The predicted molar refractivity (Wildman–Crippen MR) is 109 cm³/mol. The fourth-order valence-electron chi connectivity index (χ4n) is 2.42. The van der Waals surface area contributed by atoms with E-state index in [9.17, 15) is 5.11 Å². The molecule has 0 fully saturated rings. The molecule has 1 atom stereocenters. The van der Waals surface area contributed by atoms with Gasteiger partial charge in [0.1, 0.15) is 5.75 Å². The number of aliphatic hydroxyl groups is 1. The highest BCUT2D eigenvalue weighted by Gasteiger charge is 2.08. The van der Waals surface area contributed by atoms with Crippen LogP contribution in [0.4, 0.5) is 0 Å². The standard InChI is InChI=1S/C20H29N3O2S/c1-4-21-20(22-12-11-18-6-5-13-26-18)23-14-19(24)16-7-9-17(10-8-16)25-15(2)3/h5-10,13,15,19,24H,4,11-12,14H2,1-3H3,(H2,21,22,23). The Hall–Kier alpha value is -2.05. The van der Waals surface area contributed by atoms with Crippen molar-refractivity contribution >= 4 is 17.3 Å². The van der Waals surface area contributed by atoms with E-state index in [1.54, 1.807) is 11.3 Å². The summed E-state index contributed by atoms with van der Waals surface area (Å²) >= 11 is 1.76. The summed E-state index contributed by atoms with van der Waals surface area (Å²) < 4.78 is 5.63. The maximum Gasteiger partial charge on any atom is 0.191 e. The molecular formula is C20H29N3O2S. The Labute approximate surface area is 160 Å². The van der Waals surface area contributed by atoms with E-state index in [0.717, 1.165) is 36.8 Å². The van der Waals surface area contributed by atoms with Crippen molar-refractivity contribution in [1.82, 2.24) is 10.6 Å². The SMILES string of the molecule is CCNC(=NCC(O)c1ccc(OC(C)C)cc1)NCCc1cccs1. The first-order valence-electron chi connectivity index (χ1n) is 9.07. The molecule has 2 aromatic rings. The third-order valence-electron chi connectivity index (χ3n) is 3.65. The van der Waals surface area contributed by atoms with Crippen molar-refractivity contribution in [2.75, 3.05) is 19.6 Å². The van der Waals surface area contributed by atoms with Gasteiger partial charge in [0, 0.05) is 18.0 Å². The highest BCUT2D eigenvalue weighted by atomic mass is 32.1. The summed E-state index contributed by atoms with van der Waals surface area (Å²) in [5, 5.41) is 19.0. The van der Waals surface area contributed by atoms with Crippen LogP contribution < -0.4 is 15.4 Å². The molecule has 0 aliphatic heterocycles. The topological polar surface area (TPSA) is 65.9 Å². The van der Waals surface area contributed by atoms with Gasteiger partial charge >= 0.3 is 0 Å². The van der Waals surface area contributed by atoms with Crippen molar-refractivity contribution in [3.05, 3.63) is 52.2 Å². The number of guanidine groups is 1. The van der Waals surface area contributed by atoms with Gasteiger partial charge in [-0.05, 0) is 56.3 Å². The number of benzene rings is 1. The Morgan fingerprint density at radius 1 is 1.19 bits per heavy atom. The van der Waals surface area contributed by atoms with Crippen LogP contribution in [0.15, 0.2) is 46.8 Å². The quantitative estimate of drug-likeness (QED) is 0.464. The van der Waals surface area contributed by atoms with Gasteiger partial charge in [-0.2, -0.15) is 0 Å². The Morgan fingerprint density at radius 3 is 2.58 bits per heavy atom. The van der Waals surface area contributed by atoms with Crippen LogP contribution in [0.1, 0.15) is 37.3 Å². The molecule has 6 heteroatoms. The van der Waals surface area contributed by atoms with Gasteiger partial charge in [-0.15, -0.1) is 11.3 Å². The summed E-state index contributed by atoms with van der Waals surface area (Å²) in [6.07, 6.45) is 0.455. The lowest BCUT2D eigenvalue weighted by Crippen LogP contribution is -2.38. The largest absolute Gasteiger partial charge is 0.491 e. The van der Waals surface area contributed by atoms with Gasteiger partial charge in [-0.3, -0.25) is 4.99 Å². The van der Waals surface area contributed by atoms with E-state index < -0.39 is 6.10 Å². The molecule has 0 aliphatic rings. The van der Waals surface area contributed by atoms with Crippen molar-refractivity contribution in [3.8, 4) is 5.75 Å². The molecule has 1 heterocycles. The Balaban J connectivity index is 1.86. The van der Waals surface area contributed by atoms with Crippen molar-refractivity contribution in [1.29, 1.82) is 0 Å². The summed E-state index contributed by atoms with van der Waals surface area (Å²) in [6.45, 7) is 7.90. The van der Waals surface area contributed by atoms with Crippen LogP contribution in [0.25, 0.3) is 0 Å². The second-order valence-electron chi connectivity index (χ2n) is 6.23. The zero-order valence-corrected chi connectivity index (χ0v) is 16.6. The van der Waals surface area contributed by atoms with E-state index in [2.05, 4.69) is 33.1 Å². The minimum Gasteiger partial charge on any atom is -0.491 e. The van der Waals surface area contributed by atoms with Crippen LogP contribution in [0.5, 0.6) is 5.75 Å². The Kier molecular flexibility index (Phi) is 8.44. The molecule has 0 radical (unpaired) electrons. The Bertz CT molecular complexity index is 654. The molecule has 1 aromatic heterocycles. The highest BCUT2D eigenvalue weighted by molar-refractivity contribution is 7.09. The number of ether oxygens (including phenoxy) is 1. The molecule has 1 aromatic carbocycles. The normalized spacial score (nSPS) is 12.9. The van der Waals surface area contributed by atoms with E-state index in [1.165, 1.54) is 4.88 Å². The average molecular weight is 376 g/mol. The first-order chi connectivity index (χ1) is 12.6. The molecule has 0 aliphatic carbocycles. The molecule has 26 heavy (non-hydrogen) atoms. The van der Waals surface area contributed by atoms with Gasteiger partial charge in [0.2, 0.25) is 0 Å². The van der Waals surface area contributed by atoms with E-state index in [4.69, 9.17) is 4.74 Å². The second kappa shape index (κ2) is 10.8. The number of aliphatic imine (C=N–C) groups is 1. The predicted octanol–water partition coefficient (Wildman–Crippen LogP) is 3.37. The van der Waals surface area contributed by atoms with E-state index in [-0.39, 0.29) is 6.10 Å². The van der Waals surface area contributed by atoms with Crippen LogP contribution in [0.3, 0.4) is 0 Å². The molecule has 0 saturated carbocycles. The first kappa shape index (κ1) is 20.3. The highest BCUT2D eigenvalue weighted by Crippen LogP contribution is 2.19. The van der Waals surface area contributed by atoms with Crippen LogP contribution in [0.2, 0.25) is 0 Å². The van der Waals surface area contributed by atoms with E-state index in [1.807, 2.05) is 45.0 Å². The summed E-state index contributed by atoms with van der Waals surface area (Å²) in [6, 6.07) is 11.7. The summed E-state index contributed by atoms with van der Waals surface area (Å²) in [5.41, 5.74) is 0.833. The number of thiophene rings is 1. The zero-order chi connectivity index (χ0) is 18.8. The number of hydrogen-bond acceptors (Lipinski definition) is 4. The molecule has 3 N–H and O–H groups in total. The van der Waals surface area contributed by atoms with Crippen molar-refractivity contribution in [2.45, 2.75) is 39.4 Å². The number of aliphatic hydroxyl groups excluding tert-OH is 1. The second-order valence-corrected chi connectivity index (χ2v) is 7.26. The molecular weight excluding hydrogens is 346 g/mol. The monoisotopic (exact) mass is 375 g/mol. The molecule has 0 spiro atoms. The molecule has 5 nitrogen and oxygen atoms in total. The van der Waals surface area contributed by atoms with Gasteiger partial charge < -0.3 is 20.5 Å². The molecule has 0 saturated heterocycles. The lowest BCUT2D eigenvalue weighted by atomic mass is 10.1. The third-order valence-corrected chi connectivity index (χ3v) is 4.58. The number of rotatable bonds is 9. The van der Waals surface area contributed by atoms with Crippen molar-refractivity contribution in [3.63, 3.8) is 0 Å². The van der Waals surface area contributed by atoms with E-state index in [0.29, 0.717) is 6.54 Å². The van der Waals surface area contributed by atoms with Gasteiger partial charge in [-0.1, -0.05) is 18.2 Å². The van der Waals surface area contributed by atoms with Crippen LogP contribution in [-0.4, -0.2) is 36.8 Å². The summed E-state index contributed by atoms with van der Waals surface area (Å²) in [5.74, 6) is 1.53. The van der Waals surface area contributed by atoms with Gasteiger partial charge in [0.25, 0.3) is 0 Å². The van der Waals surface area contributed by atoms with E-state index >= 15 is 0 Å². The number of nitrogens with one attached hydrogen (secondary N) is 2. The maximum absolute atomic E-state index is 10.4. The van der Waals surface area contributed by atoms with Gasteiger partial charge in [-0.25, -0.2) is 0 Å². The van der Waals surface area contributed by atoms with Crippen LogP contribution >= 0.6 is 11.3 Å². The molecule has 2 rings (SSSR count). The van der Waals surface area contributed by atoms with Crippen LogP contribution in [0, 0.1) is 0 Å². The smallest absolute Gasteiger partial charge is 0.191 e. The number of nitrogens with zero attached hydrogens (tertiary/aromatic N) is 1. The summed E-state index contributed by atoms with van der Waals surface area (Å²) in [4.78, 5) is 5.84. The first-order valence-corrected chi connectivity index (χ1v) is 9.95. The number of hydrogen-bond donors (Lipinski definition) is 3. The molecule has 0 bridgehead atoms. The van der Waals surface area contributed by atoms with Gasteiger partial charge in [0.15, 0.2) is 5.96 Å². The lowest BCUT2D eigenvalue weighted by molar-refractivity contribution is 0.186. The molecule has 0 amide bonds. The van der Waals surface area contributed by atoms with Crippen LogP contribution in [-0.2, 0) is 6.42 Å². The summed E-state index contributed by atoms with van der Waals surface area (Å²) in [7, 11) is 0. The lowest BCUT2D eigenvalue weighted by Gasteiger charge is -2.14. The third kappa shape index (κ3) is 7.06. The Morgan fingerprint density at radius 2 is 1.96 bits per heavy atom. The fourth-order valence-corrected chi connectivity index (χ4v) is 3.13. The van der Waals surface area contributed by atoms with Crippen molar-refractivity contribution < 1.29 is 9.84 Å². The molecule has 1 unspecified atom stereocenters. The minimum absolute atomic E-state index is 0.137. The van der Waals surface area contributed by atoms with Gasteiger partial charge in [0.05, 0.1) is 18.8 Å². The fraction of sp³-hybridized carbons (Fsp3) is 0.450. The zero-order valence-electron chi connectivity index (χ0n) is 15.7.